The number of carboxylic acids is 1. The van der Waals surface area contributed by atoms with Crippen LogP contribution in [0.25, 0.3) is 0 Å². The molecule has 0 aliphatic heterocycles. The molecule has 0 radical (unpaired) electrons. The maximum atomic E-state index is 13.7. The van der Waals surface area contributed by atoms with Crippen LogP contribution in [0.2, 0.25) is 0 Å². The lowest BCUT2D eigenvalue weighted by Gasteiger charge is -2.30. The van der Waals surface area contributed by atoms with Crippen molar-refractivity contribution < 1.29 is 28.6 Å². The number of carboxylic acid groups (broad SMARTS) is 1. The Morgan fingerprint density at radius 1 is 0.889 bits per heavy atom. The summed E-state index contributed by atoms with van der Waals surface area (Å²) in [5, 5.41) is 9.08. The number of rotatable bonds is 10. The van der Waals surface area contributed by atoms with Gasteiger partial charge in [-0.3, -0.25) is 19.3 Å². The second kappa shape index (κ2) is 12.0. The standard InChI is InChI=1S/C28H29FN2O5/c1-19-6-4-7-20(2)27(19)31(28(35)21-9-11-22(29)12-10-21)18-25(32)30(17-5-8-26(33)34)23-13-15-24(36-3)16-14-23/h4,6-7,9-16H,5,8,17-18H2,1-3H3,(H,33,34). The average Bonchev–Trinajstić information content (AvgIpc) is 2.86. The van der Waals surface area contributed by atoms with Crippen LogP contribution in [0.5, 0.6) is 5.75 Å². The number of anilines is 2. The van der Waals surface area contributed by atoms with E-state index in [9.17, 15) is 18.8 Å². The summed E-state index contributed by atoms with van der Waals surface area (Å²) in [7, 11) is 1.54. The number of carbonyl (C=O) groups is 3. The van der Waals surface area contributed by atoms with Crippen LogP contribution in [-0.2, 0) is 9.59 Å². The summed E-state index contributed by atoms with van der Waals surface area (Å²) in [5.41, 5.74) is 3.01. The fourth-order valence-electron chi connectivity index (χ4n) is 4.00. The molecule has 0 atom stereocenters. The topological polar surface area (TPSA) is 87.2 Å². The van der Waals surface area contributed by atoms with Gasteiger partial charge >= 0.3 is 5.97 Å². The molecule has 1 N–H and O–H groups in total. The third-order valence-electron chi connectivity index (χ3n) is 5.80. The number of methoxy groups -OCH3 is 1. The van der Waals surface area contributed by atoms with Crippen LogP contribution in [0.15, 0.2) is 66.7 Å². The van der Waals surface area contributed by atoms with Gasteiger partial charge in [0.15, 0.2) is 0 Å². The number of carbonyl (C=O) groups excluding carboxylic acids is 2. The Morgan fingerprint density at radius 2 is 1.50 bits per heavy atom. The molecular weight excluding hydrogens is 463 g/mol. The first-order valence-electron chi connectivity index (χ1n) is 11.5. The summed E-state index contributed by atoms with van der Waals surface area (Å²) in [6, 6.07) is 17.6. The van der Waals surface area contributed by atoms with E-state index in [1.165, 1.54) is 41.2 Å². The van der Waals surface area contributed by atoms with Crippen molar-refractivity contribution in [3.05, 3.63) is 89.2 Å². The lowest BCUT2D eigenvalue weighted by molar-refractivity contribution is -0.137. The van der Waals surface area contributed by atoms with Crippen molar-refractivity contribution in [1.29, 1.82) is 0 Å². The van der Waals surface area contributed by atoms with Crippen molar-refractivity contribution in [2.75, 3.05) is 30.0 Å². The summed E-state index contributed by atoms with van der Waals surface area (Å²) < 4.78 is 18.7. The molecule has 3 rings (SSSR count). The van der Waals surface area contributed by atoms with Gasteiger partial charge in [0, 0.05) is 24.2 Å². The first kappa shape index (κ1) is 26.4. The van der Waals surface area contributed by atoms with Crippen molar-refractivity contribution in [3.63, 3.8) is 0 Å². The Hall–Kier alpha value is -4.20. The molecule has 0 aromatic heterocycles. The second-order valence-corrected chi connectivity index (χ2v) is 8.38. The molecule has 0 saturated heterocycles. The Kier molecular flexibility index (Phi) is 8.78. The first-order chi connectivity index (χ1) is 17.2. The lowest BCUT2D eigenvalue weighted by Crippen LogP contribution is -2.44. The first-order valence-corrected chi connectivity index (χ1v) is 11.5. The molecule has 188 valence electrons. The van der Waals surface area contributed by atoms with Gasteiger partial charge in [0.2, 0.25) is 5.91 Å². The van der Waals surface area contributed by atoms with Crippen LogP contribution in [0.1, 0.15) is 34.3 Å². The molecule has 7 nitrogen and oxygen atoms in total. The van der Waals surface area contributed by atoms with Crippen molar-refractivity contribution in [2.24, 2.45) is 0 Å². The Balaban J connectivity index is 1.99. The minimum absolute atomic E-state index is 0.102. The van der Waals surface area contributed by atoms with Gasteiger partial charge in [0.25, 0.3) is 5.91 Å². The number of halogens is 1. The van der Waals surface area contributed by atoms with E-state index in [2.05, 4.69) is 0 Å². The largest absolute Gasteiger partial charge is 0.497 e. The highest BCUT2D eigenvalue weighted by molar-refractivity contribution is 6.11. The zero-order valence-corrected chi connectivity index (χ0v) is 20.5. The van der Waals surface area contributed by atoms with Gasteiger partial charge in [-0.05, 0) is 79.9 Å². The van der Waals surface area contributed by atoms with E-state index in [-0.39, 0.29) is 37.4 Å². The van der Waals surface area contributed by atoms with Gasteiger partial charge in [0.05, 0.1) is 12.8 Å². The maximum absolute atomic E-state index is 13.7. The summed E-state index contributed by atoms with van der Waals surface area (Å²) in [5.74, 6) is -1.64. The highest BCUT2D eigenvalue weighted by atomic mass is 19.1. The zero-order valence-electron chi connectivity index (χ0n) is 20.5. The maximum Gasteiger partial charge on any atom is 0.303 e. The van der Waals surface area contributed by atoms with Gasteiger partial charge in [-0.1, -0.05) is 18.2 Å². The minimum atomic E-state index is -0.958. The fourth-order valence-corrected chi connectivity index (χ4v) is 4.00. The van der Waals surface area contributed by atoms with Crippen LogP contribution in [0, 0.1) is 19.7 Å². The number of benzene rings is 3. The number of aliphatic carboxylic acids is 1. The molecule has 36 heavy (non-hydrogen) atoms. The second-order valence-electron chi connectivity index (χ2n) is 8.38. The van der Waals surface area contributed by atoms with E-state index in [1.54, 1.807) is 24.3 Å². The molecule has 3 aromatic carbocycles. The van der Waals surface area contributed by atoms with E-state index in [1.807, 2.05) is 32.0 Å². The number of para-hydroxylation sites is 1. The number of hydrogen-bond donors (Lipinski definition) is 1. The smallest absolute Gasteiger partial charge is 0.303 e. The van der Waals surface area contributed by atoms with Crippen LogP contribution in [0.4, 0.5) is 15.8 Å². The van der Waals surface area contributed by atoms with Crippen LogP contribution in [-0.4, -0.2) is 43.1 Å². The van der Waals surface area contributed by atoms with Crippen molar-refractivity contribution in [3.8, 4) is 5.75 Å². The van der Waals surface area contributed by atoms with Crippen LogP contribution < -0.4 is 14.5 Å². The molecular formula is C28H29FN2O5. The van der Waals surface area contributed by atoms with Crippen molar-refractivity contribution in [2.45, 2.75) is 26.7 Å². The third kappa shape index (κ3) is 6.47. The van der Waals surface area contributed by atoms with Gasteiger partial charge in [-0.15, -0.1) is 0 Å². The lowest BCUT2D eigenvalue weighted by atomic mass is 10.1. The molecule has 0 fully saturated rings. The number of aryl methyl sites for hydroxylation is 2. The fraction of sp³-hybridized carbons (Fsp3) is 0.250. The summed E-state index contributed by atoms with van der Waals surface area (Å²) >= 11 is 0. The average molecular weight is 493 g/mol. The molecule has 0 spiro atoms. The van der Waals surface area contributed by atoms with E-state index in [0.717, 1.165) is 11.1 Å². The van der Waals surface area contributed by atoms with Gasteiger partial charge in [-0.2, -0.15) is 0 Å². The highest BCUT2D eigenvalue weighted by Crippen LogP contribution is 2.27. The van der Waals surface area contributed by atoms with E-state index < -0.39 is 17.7 Å². The molecule has 0 unspecified atom stereocenters. The Labute approximate surface area is 209 Å². The number of ether oxygens (including phenoxy) is 1. The SMILES string of the molecule is COc1ccc(N(CCCC(=O)O)C(=O)CN(C(=O)c2ccc(F)cc2)c2c(C)cccc2C)cc1. The van der Waals surface area contributed by atoms with E-state index in [4.69, 9.17) is 9.84 Å². The van der Waals surface area contributed by atoms with E-state index in [0.29, 0.717) is 17.1 Å². The quantitative estimate of drug-likeness (QED) is 0.431. The normalized spacial score (nSPS) is 10.6. The molecule has 0 bridgehead atoms. The molecule has 0 aliphatic rings. The highest BCUT2D eigenvalue weighted by Gasteiger charge is 2.27. The molecule has 0 saturated carbocycles. The summed E-state index contributed by atoms with van der Waals surface area (Å²) in [6.07, 6.45) is 0.136. The number of amides is 2. The summed E-state index contributed by atoms with van der Waals surface area (Å²) in [6.45, 7) is 3.57. The third-order valence-corrected chi connectivity index (χ3v) is 5.80. The predicted octanol–water partition coefficient (Wildman–Crippen LogP) is 5.00. The van der Waals surface area contributed by atoms with Crippen molar-refractivity contribution >= 4 is 29.2 Å². The summed E-state index contributed by atoms with van der Waals surface area (Å²) in [4.78, 5) is 41.2. The molecule has 3 aromatic rings. The zero-order chi connectivity index (χ0) is 26.2. The Bertz CT molecular complexity index is 1210. The van der Waals surface area contributed by atoms with Crippen molar-refractivity contribution in [1.82, 2.24) is 0 Å². The van der Waals surface area contributed by atoms with Crippen LogP contribution in [0.3, 0.4) is 0 Å². The Morgan fingerprint density at radius 3 is 2.06 bits per heavy atom. The number of nitrogens with zero attached hydrogens (tertiary/aromatic N) is 2. The molecule has 0 heterocycles. The minimum Gasteiger partial charge on any atom is -0.497 e. The monoisotopic (exact) mass is 492 g/mol. The number of hydrogen-bond acceptors (Lipinski definition) is 4. The van der Waals surface area contributed by atoms with E-state index >= 15 is 0 Å². The molecule has 8 heteroatoms. The molecule has 2 amide bonds. The van der Waals surface area contributed by atoms with Gasteiger partial charge in [-0.25, -0.2) is 4.39 Å². The van der Waals surface area contributed by atoms with Gasteiger partial charge in [0.1, 0.15) is 18.1 Å². The van der Waals surface area contributed by atoms with Crippen LogP contribution >= 0.6 is 0 Å². The molecule has 0 aliphatic carbocycles. The van der Waals surface area contributed by atoms with Gasteiger partial charge < -0.3 is 14.7 Å². The predicted molar refractivity (Wildman–Crippen MR) is 136 cm³/mol.